The molecule has 8 heteroatoms. The average molecular weight is 334 g/mol. The van der Waals surface area contributed by atoms with Gasteiger partial charge in [-0.15, -0.1) is 11.3 Å². The summed E-state index contributed by atoms with van der Waals surface area (Å²) in [6, 6.07) is 3.48. The zero-order chi connectivity index (χ0) is 16.8. The van der Waals surface area contributed by atoms with Crippen LogP contribution >= 0.6 is 11.3 Å². The SMILES string of the molecule is COC(=O)c1c(-c2ccncc2)csc1NC(=O)CCC(=O)O. The van der Waals surface area contributed by atoms with E-state index in [0.29, 0.717) is 10.6 Å². The van der Waals surface area contributed by atoms with Crippen molar-refractivity contribution in [1.82, 2.24) is 4.98 Å². The van der Waals surface area contributed by atoms with Crippen LogP contribution in [0, 0.1) is 0 Å². The van der Waals surface area contributed by atoms with E-state index in [4.69, 9.17) is 9.84 Å². The number of aliphatic carboxylic acids is 1. The highest BCUT2D eigenvalue weighted by Crippen LogP contribution is 2.36. The predicted octanol–water partition coefficient (Wildman–Crippen LogP) is 2.40. The number of carbonyl (C=O) groups is 3. The highest BCUT2D eigenvalue weighted by Gasteiger charge is 2.22. The second-order valence-electron chi connectivity index (χ2n) is 4.52. The normalized spacial score (nSPS) is 10.1. The van der Waals surface area contributed by atoms with Gasteiger partial charge in [0, 0.05) is 29.8 Å². The molecule has 2 aromatic heterocycles. The van der Waals surface area contributed by atoms with E-state index in [2.05, 4.69) is 10.3 Å². The van der Waals surface area contributed by atoms with Crippen LogP contribution < -0.4 is 5.32 Å². The van der Waals surface area contributed by atoms with Gasteiger partial charge in [-0.1, -0.05) is 0 Å². The van der Waals surface area contributed by atoms with Crippen molar-refractivity contribution in [3.8, 4) is 11.1 Å². The quantitative estimate of drug-likeness (QED) is 0.786. The van der Waals surface area contributed by atoms with Gasteiger partial charge in [-0.05, 0) is 17.7 Å². The fourth-order valence-electron chi connectivity index (χ4n) is 1.91. The molecule has 0 spiro atoms. The summed E-state index contributed by atoms with van der Waals surface area (Å²) < 4.78 is 4.78. The molecule has 2 heterocycles. The van der Waals surface area contributed by atoms with Crippen molar-refractivity contribution in [2.75, 3.05) is 12.4 Å². The highest BCUT2D eigenvalue weighted by molar-refractivity contribution is 7.15. The van der Waals surface area contributed by atoms with Crippen molar-refractivity contribution < 1.29 is 24.2 Å². The summed E-state index contributed by atoms with van der Waals surface area (Å²) in [6.07, 6.45) is 2.75. The molecule has 0 saturated carbocycles. The summed E-state index contributed by atoms with van der Waals surface area (Å²) in [5.41, 5.74) is 1.63. The zero-order valence-electron chi connectivity index (χ0n) is 12.2. The van der Waals surface area contributed by atoms with Crippen LogP contribution in [0.4, 0.5) is 5.00 Å². The van der Waals surface area contributed by atoms with Crippen molar-refractivity contribution in [2.45, 2.75) is 12.8 Å². The monoisotopic (exact) mass is 334 g/mol. The number of ether oxygens (including phenoxy) is 1. The Bertz CT molecular complexity index is 727. The summed E-state index contributed by atoms with van der Waals surface area (Å²) in [7, 11) is 1.26. The Morgan fingerprint density at radius 3 is 2.57 bits per heavy atom. The number of methoxy groups -OCH3 is 1. The molecule has 2 N–H and O–H groups in total. The summed E-state index contributed by atoms with van der Waals surface area (Å²) in [5, 5.41) is 13.2. The maximum absolute atomic E-state index is 12.1. The lowest BCUT2D eigenvalue weighted by molar-refractivity contribution is -0.138. The Kier molecular flexibility index (Phi) is 5.42. The third-order valence-corrected chi connectivity index (χ3v) is 3.89. The van der Waals surface area contributed by atoms with Gasteiger partial charge < -0.3 is 15.2 Å². The minimum atomic E-state index is -1.06. The molecule has 0 aliphatic heterocycles. The lowest BCUT2D eigenvalue weighted by Gasteiger charge is -2.07. The number of anilines is 1. The molecule has 7 nitrogen and oxygen atoms in total. The number of aromatic nitrogens is 1. The Labute approximate surface area is 135 Å². The van der Waals surface area contributed by atoms with Crippen LogP contribution in [0.5, 0.6) is 0 Å². The van der Waals surface area contributed by atoms with Gasteiger partial charge in [0.1, 0.15) is 10.6 Å². The number of carboxylic acids is 1. The number of rotatable bonds is 6. The lowest BCUT2D eigenvalue weighted by Crippen LogP contribution is -2.15. The molecule has 2 rings (SSSR count). The van der Waals surface area contributed by atoms with E-state index in [1.165, 1.54) is 18.4 Å². The molecular formula is C15H14N2O5S. The number of carbonyl (C=O) groups excluding carboxylic acids is 2. The maximum atomic E-state index is 12.1. The van der Waals surface area contributed by atoms with E-state index in [1.807, 2.05) is 0 Å². The fraction of sp³-hybridized carbons (Fsp3) is 0.200. The van der Waals surface area contributed by atoms with Crippen LogP contribution in [0.1, 0.15) is 23.2 Å². The molecule has 0 atom stereocenters. The number of carboxylic acid groups (broad SMARTS) is 1. The van der Waals surface area contributed by atoms with Crippen LogP contribution in [0.2, 0.25) is 0 Å². The molecule has 0 unspecified atom stereocenters. The molecule has 0 aromatic carbocycles. The van der Waals surface area contributed by atoms with E-state index in [-0.39, 0.29) is 18.4 Å². The average Bonchev–Trinajstić information content (AvgIpc) is 2.96. The van der Waals surface area contributed by atoms with Gasteiger partial charge in [0.25, 0.3) is 0 Å². The largest absolute Gasteiger partial charge is 0.481 e. The predicted molar refractivity (Wildman–Crippen MR) is 84.4 cm³/mol. The van der Waals surface area contributed by atoms with Crippen LogP contribution in [-0.2, 0) is 14.3 Å². The summed E-state index contributed by atoms with van der Waals surface area (Å²) >= 11 is 1.18. The summed E-state index contributed by atoms with van der Waals surface area (Å²) in [5.74, 6) is -2.11. The van der Waals surface area contributed by atoms with Crippen LogP contribution in [0.25, 0.3) is 11.1 Å². The third-order valence-electron chi connectivity index (χ3n) is 2.99. The van der Waals surface area contributed by atoms with E-state index in [0.717, 1.165) is 5.56 Å². The molecule has 2 aromatic rings. The number of nitrogens with zero attached hydrogens (tertiary/aromatic N) is 1. The van der Waals surface area contributed by atoms with Crippen molar-refractivity contribution in [3.63, 3.8) is 0 Å². The third kappa shape index (κ3) is 4.13. The molecule has 120 valence electrons. The van der Waals surface area contributed by atoms with Gasteiger partial charge in [-0.3, -0.25) is 14.6 Å². The smallest absolute Gasteiger partial charge is 0.341 e. The number of thiophene rings is 1. The van der Waals surface area contributed by atoms with Crippen molar-refractivity contribution in [3.05, 3.63) is 35.5 Å². The Morgan fingerprint density at radius 1 is 1.26 bits per heavy atom. The van der Waals surface area contributed by atoms with E-state index >= 15 is 0 Å². The van der Waals surface area contributed by atoms with Gasteiger partial charge in [-0.25, -0.2) is 4.79 Å². The van der Waals surface area contributed by atoms with Crippen molar-refractivity contribution >= 4 is 34.2 Å². The van der Waals surface area contributed by atoms with Gasteiger partial charge in [0.05, 0.1) is 13.5 Å². The Balaban J connectivity index is 2.30. The molecule has 0 bridgehead atoms. The van der Waals surface area contributed by atoms with Crippen molar-refractivity contribution in [2.24, 2.45) is 0 Å². The first-order chi connectivity index (χ1) is 11.0. The maximum Gasteiger partial charge on any atom is 0.341 e. The second-order valence-corrected chi connectivity index (χ2v) is 5.40. The first-order valence-electron chi connectivity index (χ1n) is 6.64. The highest BCUT2D eigenvalue weighted by atomic mass is 32.1. The molecule has 1 amide bonds. The zero-order valence-corrected chi connectivity index (χ0v) is 13.1. The summed E-state index contributed by atoms with van der Waals surface area (Å²) in [4.78, 5) is 38.3. The van der Waals surface area contributed by atoms with E-state index < -0.39 is 17.8 Å². The molecular weight excluding hydrogens is 320 g/mol. The number of nitrogens with one attached hydrogen (secondary N) is 1. The van der Waals surface area contributed by atoms with E-state index in [9.17, 15) is 14.4 Å². The van der Waals surface area contributed by atoms with E-state index in [1.54, 1.807) is 29.9 Å². The first kappa shape index (κ1) is 16.6. The minimum absolute atomic E-state index is 0.168. The number of pyridine rings is 1. The Hall–Kier alpha value is -2.74. The molecule has 0 aliphatic rings. The number of hydrogen-bond acceptors (Lipinski definition) is 6. The Morgan fingerprint density at radius 2 is 1.96 bits per heavy atom. The number of hydrogen-bond donors (Lipinski definition) is 2. The second kappa shape index (κ2) is 7.50. The fourth-order valence-corrected chi connectivity index (χ4v) is 2.88. The number of esters is 1. The topological polar surface area (TPSA) is 106 Å². The summed E-state index contributed by atoms with van der Waals surface area (Å²) in [6.45, 7) is 0. The lowest BCUT2D eigenvalue weighted by atomic mass is 10.1. The molecule has 0 aliphatic carbocycles. The molecule has 0 fully saturated rings. The minimum Gasteiger partial charge on any atom is -0.481 e. The van der Waals surface area contributed by atoms with Gasteiger partial charge >= 0.3 is 11.9 Å². The van der Waals surface area contributed by atoms with Crippen LogP contribution in [0.3, 0.4) is 0 Å². The van der Waals surface area contributed by atoms with Gasteiger partial charge in [-0.2, -0.15) is 0 Å². The number of amides is 1. The van der Waals surface area contributed by atoms with Crippen LogP contribution in [0.15, 0.2) is 29.9 Å². The van der Waals surface area contributed by atoms with Gasteiger partial charge in [0.2, 0.25) is 5.91 Å². The molecule has 0 saturated heterocycles. The first-order valence-corrected chi connectivity index (χ1v) is 7.52. The van der Waals surface area contributed by atoms with Crippen molar-refractivity contribution in [1.29, 1.82) is 0 Å². The van der Waals surface area contributed by atoms with Crippen LogP contribution in [-0.4, -0.2) is 35.0 Å². The standard InChI is InChI=1S/C15H14N2O5S/c1-22-15(21)13-10(9-4-6-16-7-5-9)8-23-14(13)17-11(18)2-3-12(19)20/h4-8H,2-3H2,1H3,(H,17,18)(H,19,20). The molecule has 0 radical (unpaired) electrons. The molecule has 23 heavy (non-hydrogen) atoms. The van der Waals surface area contributed by atoms with Gasteiger partial charge in [0.15, 0.2) is 0 Å².